The predicted molar refractivity (Wildman–Crippen MR) is 91.5 cm³/mol. The number of ether oxygens (including phenoxy) is 4. The molecule has 0 aliphatic heterocycles. The smallest absolute Gasteiger partial charge is 0.330 e. The molecule has 5 heteroatoms. The van der Waals surface area contributed by atoms with Crippen LogP contribution in [-0.2, 0) is 9.53 Å². The predicted octanol–water partition coefficient (Wildman–Crippen LogP) is 3.34. The van der Waals surface area contributed by atoms with Gasteiger partial charge in [0.1, 0.15) is 19.0 Å². The monoisotopic (exact) mass is 328 g/mol. The lowest BCUT2D eigenvalue weighted by atomic mass is 10.2. The molecule has 0 unspecified atom stereocenters. The molecule has 2 rings (SSSR count). The molecular weight excluding hydrogens is 308 g/mol. The summed E-state index contributed by atoms with van der Waals surface area (Å²) in [4.78, 5) is 11.7. The Morgan fingerprint density at radius 3 is 2.42 bits per heavy atom. The largest absolute Gasteiger partial charge is 0.493 e. The first-order valence-electron chi connectivity index (χ1n) is 7.47. The standard InChI is InChI=1S/C19H20O5/c1-21-17-10-8-15(14-18(17)22-2)9-11-19(20)24-13-12-23-16-6-4-3-5-7-16/h3-11,14H,12-13H2,1-2H3/b11-9+. The van der Waals surface area contributed by atoms with Gasteiger partial charge in [0.25, 0.3) is 0 Å². The Bertz CT molecular complexity index is 679. The number of para-hydroxylation sites is 1. The molecule has 24 heavy (non-hydrogen) atoms. The van der Waals surface area contributed by atoms with Gasteiger partial charge in [-0.05, 0) is 35.9 Å². The van der Waals surface area contributed by atoms with Crippen LogP contribution in [0.15, 0.2) is 54.6 Å². The van der Waals surface area contributed by atoms with Crippen molar-refractivity contribution in [3.05, 3.63) is 60.2 Å². The highest BCUT2D eigenvalue weighted by Gasteiger charge is 2.03. The fourth-order valence-electron chi connectivity index (χ4n) is 1.99. The first-order chi connectivity index (χ1) is 11.7. The third kappa shape index (κ3) is 5.35. The summed E-state index contributed by atoms with van der Waals surface area (Å²) in [5, 5.41) is 0. The Kier molecular flexibility index (Phi) is 6.71. The number of hydrogen-bond acceptors (Lipinski definition) is 5. The van der Waals surface area contributed by atoms with Gasteiger partial charge in [0.05, 0.1) is 14.2 Å². The Labute approximate surface area is 141 Å². The molecule has 0 aliphatic rings. The fraction of sp³-hybridized carbons (Fsp3) is 0.211. The maximum absolute atomic E-state index is 11.7. The maximum Gasteiger partial charge on any atom is 0.330 e. The van der Waals surface area contributed by atoms with Crippen molar-refractivity contribution in [1.82, 2.24) is 0 Å². The zero-order valence-corrected chi connectivity index (χ0v) is 13.7. The quantitative estimate of drug-likeness (QED) is 0.423. The average Bonchev–Trinajstić information content (AvgIpc) is 2.64. The van der Waals surface area contributed by atoms with Crippen molar-refractivity contribution >= 4 is 12.0 Å². The third-order valence-electron chi connectivity index (χ3n) is 3.16. The van der Waals surface area contributed by atoms with Crippen molar-refractivity contribution in [2.24, 2.45) is 0 Å². The van der Waals surface area contributed by atoms with E-state index in [2.05, 4.69) is 0 Å². The molecule has 5 nitrogen and oxygen atoms in total. The summed E-state index contributed by atoms with van der Waals surface area (Å²) in [5.41, 5.74) is 0.810. The van der Waals surface area contributed by atoms with E-state index in [1.165, 1.54) is 6.08 Å². The van der Waals surface area contributed by atoms with E-state index < -0.39 is 5.97 Å². The number of hydrogen-bond donors (Lipinski definition) is 0. The van der Waals surface area contributed by atoms with Gasteiger partial charge in [-0.2, -0.15) is 0 Å². The van der Waals surface area contributed by atoms with Crippen LogP contribution in [0.5, 0.6) is 17.2 Å². The van der Waals surface area contributed by atoms with Crippen LogP contribution >= 0.6 is 0 Å². The van der Waals surface area contributed by atoms with Gasteiger partial charge in [-0.15, -0.1) is 0 Å². The maximum atomic E-state index is 11.7. The Morgan fingerprint density at radius 1 is 0.958 bits per heavy atom. The normalized spacial score (nSPS) is 10.4. The van der Waals surface area contributed by atoms with Crippen LogP contribution in [0.2, 0.25) is 0 Å². The molecule has 0 radical (unpaired) electrons. The highest BCUT2D eigenvalue weighted by atomic mass is 16.6. The van der Waals surface area contributed by atoms with Crippen LogP contribution in [-0.4, -0.2) is 33.4 Å². The highest BCUT2D eigenvalue weighted by Crippen LogP contribution is 2.27. The van der Waals surface area contributed by atoms with Crippen LogP contribution in [0.3, 0.4) is 0 Å². The lowest BCUT2D eigenvalue weighted by Crippen LogP contribution is -2.10. The summed E-state index contributed by atoms with van der Waals surface area (Å²) in [6.45, 7) is 0.490. The number of carbonyl (C=O) groups is 1. The summed E-state index contributed by atoms with van der Waals surface area (Å²) in [7, 11) is 3.13. The summed E-state index contributed by atoms with van der Waals surface area (Å²) in [6, 6.07) is 14.7. The number of methoxy groups -OCH3 is 2. The van der Waals surface area contributed by atoms with Gasteiger partial charge in [-0.3, -0.25) is 0 Å². The van der Waals surface area contributed by atoms with E-state index in [0.29, 0.717) is 18.1 Å². The molecule has 0 saturated heterocycles. The van der Waals surface area contributed by atoms with Crippen molar-refractivity contribution in [2.45, 2.75) is 0 Å². The van der Waals surface area contributed by atoms with Crippen LogP contribution in [0, 0.1) is 0 Å². The Balaban J connectivity index is 1.78. The van der Waals surface area contributed by atoms with Crippen LogP contribution in [0.1, 0.15) is 5.56 Å². The first-order valence-corrected chi connectivity index (χ1v) is 7.47. The van der Waals surface area contributed by atoms with Crippen LogP contribution < -0.4 is 14.2 Å². The molecule has 2 aromatic carbocycles. The van der Waals surface area contributed by atoms with Crippen molar-refractivity contribution in [1.29, 1.82) is 0 Å². The minimum Gasteiger partial charge on any atom is -0.493 e. The minimum absolute atomic E-state index is 0.185. The second kappa shape index (κ2) is 9.25. The van der Waals surface area contributed by atoms with E-state index in [1.807, 2.05) is 36.4 Å². The van der Waals surface area contributed by atoms with E-state index in [0.717, 1.165) is 11.3 Å². The van der Waals surface area contributed by atoms with E-state index in [-0.39, 0.29) is 6.61 Å². The van der Waals surface area contributed by atoms with Crippen molar-refractivity contribution < 1.29 is 23.7 Å². The Hall–Kier alpha value is -2.95. The molecule has 0 atom stereocenters. The minimum atomic E-state index is -0.429. The van der Waals surface area contributed by atoms with Gasteiger partial charge in [0.15, 0.2) is 11.5 Å². The molecule has 126 valence electrons. The number of rotatable bonds is 8. The van der Waals surface area contributed by atoms with Gasteiger partial charge in [0.2, 0.25) is 0 Å². The summed E-state index contributed by atoms with van der Waals surface area (Å²) in [6.07, 6.45) is 3.02. The molecule has 0 spiro atoms. The number of carbonyl (C=O) groups excluding carboxylic acids is 1. The first kappa shape index (κ1) is 17.4. The zero-order valence-electron chi connectivity index (χ0n) is 13.7. The van der Waals surface area contributed by atoms with Gasteiger partial charge in [0, 0.05) is 6.08 Å². The van der Waals surface area contributed by atoms with E-state index in [4.69, 9.17) is 18.9 Å². The topological polar surface area (TPSA) is 54.0 Å². The number of esters is 1. The molecule has 0 aromatic heterocycles. The molecule has 0 amide bonds. The lowest BCUT2D eigenvalue weighted by Gasteiger charge is -2.07. The molecule has 0 fully saturated rings. The van der Waals surface area contributed by atoms with Crippen molar-refractivity contribution in [3.8, 4) is 17.2 Å². The summed E-state index contributed by atoms with van der Waals surface area (Å²) < 4.78 is 20.9. The second-order valence-electron chi connectivity index (χ2n) is 4.78. The Morgan fingerprint density at radius 2 is 1.71 bits per heavy atom. The SMILES string of the molecule is COc1ccc(/C=C/C(=O)OCCOc2ccccc2)cc1OC. The van der Waals surface area contributed by atoms with Gasteiger partial charge in [-0.25, -0.2) is 4.79 Å². The molecule has 2 aromatic rings. The van der Waals surface area contributed by atoms with E-state index in [1.54, 1.807) is 32.4 Å². The molecule has 0 aliphatic carbocycles. The zero-order chi connectivity index (χ0) is 17.2. The fourth-order valence-corrected chi connectivity index (χ4v) is 1.99. The molecule has 0 saturated carbocycles. The van der Waals surface area contributed by atoms with Gasteiger partial charge >= 0.3 is 5.97 Å². The second-order valence-corrected chi connectivity index (χ2v) is 4.78. The lowest BCUT2D eigenvalue weighted by molar-refractivity contribution is -0.138. The van der Waals surface area contributed by atoms with Crippen molar-refractivity contribution in [3.63, 3.8) is 0 Å². The van der Waals surface area contributed by atoms with E-state index in [9.17, 15) is 4.79 Å². The van der Waals surface area contributed by atoms with Crippen LogP contribution in [0.4, 0.5) is 0 Å². The number of benzene rings is 2. The van der Waals surface area contributed by atoms with E-state index >= 15 is 0 Å². The summed E-state index contributed by atoms with van der Waals surface area (Å²) in [5.74, 6) is 1.55. The van der Waals surface area contributed by atoms with Crippen molar-refractivity contribution in [2.75, 3.05) is 27.4 Å². The third-order valence-corrected chi connectivity index (χ3v) is 3.16. The molecular formula is C19H20O5. The summed E-state index contributed by atoms with van der Waals surface area (Å²) >= 11 is 0. The average molecular weight is 328 g/mol. The van der Waals surface area contributed by atoms with Crippen LogP contribution in [0.25, 0.3) is 6.08 Å². The van der Waals surface area contributed by atoms with Gasteiger partial charge in [-0.1, -0.05) is 24.3 Å². The molecule has 0 N–H and O–H groups in total. The molecule has 0 heterocycles. The molecule has 0 bridgehead atoms. The highest BCUT2D eigenvalue weighted by molar-refractivity contribution is 5.87. The van der Waals surface area contributed by atoms with Gasteiger partial charge < -0.3 is 18.9 Å².